The van der Waals surface area contributed by atoms with Gasteiger partial charge in [0.05, 0.1) is 11.7 Å². The van der Waals surface area contributed by atoms with Gasteiger partial charge in [0.2, 0.25) is 5.91 Å². The van der Waals surface area contributed by atoms with Crippen LogP contribution < -0.4 is 10.4 Å². The molecule has 1 unspecified atom stereocenters. The average Bonchev–Trinajstić information content (AvgIpc) is 2.89. The number of hydrogen-bond donors (Lipinski definition) is 1. The smallest absolute Gasteiger partial charge is 0.258 e. The van der Waals surface area contributed by atoms with Gasteiger partial charge >= 0.3 is 0 Å². The molecule has 5 nitrogen and oxygen atoms in total. The van der Waals surface area contributed by atoms with Crippen LogP contribution in [-0.4, -0.2) is 26.2 Å². The minimum absolute atomic E-state index is 0.0333. The Hall–Kier alpha value is -1.30. The number of amides is 1. The number of nitrogens with one attached hydrogen (secondary N) is 1. The Balaban J connectivity index is 2.45. The zero-order valence-electron chi connectivity index (χ0n) is 17.9. The van der Waals surface area contributed by atoms with Crippen LogP contribution in [-0.2, 0) is 14.0 Å². The summed E-state index contributed by atoms with van der Waals surface area (Å²) in [5.74, 6) is -2.02. The molecule has 1 aliphatic heterocycles. The molecule has 1 amide bonds. The fourth-order valence-electron chi connectivity index (χ4n) is 5.62. The quantitative estimate of drug-likeness (QED) is 0.640. The van der Waals surface area contributed by atoms with Crippen molar-refractivity contribution >= 4 is 20.2 Å². The molecule has 4 atom stereocenters. The Kier molecular flexibility index (Phi) is 6.82. The number of carboxylic acids is 1. The van der Waals surface area contributed by atoms with Crippen LogP contribution in [0.4, 0.5) is 0 Å². The van der Waals surface area contributed by atoms with Gasteiger partial charge in [0.25, 0.3) is 8.32 Å². The van der Waals surface area contributed by atoms with Gasteiger partial charge in [-0.2, -0.15) is 0 Å². The summed E-state index contributed by atoms with van der Waals surface area (Å²) in [7, 11) is -2.17. The molecule has 0 aromatic carbocycles. The van der Waals surface area contributed by atoms with Gasteiger partial charge in [-0.25, -0.2) is 0 Å². The highest BCUT2D eigenvalue weighted by atomic mass is 28.4. The third kappa shape index (κ3) is 3.82. The molecule has 27 heavy (non-hydrogen) atoms. The molecule has 2 aliphatic rings. The monoisotopic (exact) mass is 394 g/mol. The van der Waals surface area contributed by atoms with Gasteiger partial charge in [-0.15, -0.1) is 0 Å². The summed E-state index contributed by atoms with van der Waals surface area (Å²) in [5, 5.41) is 14.8. The Morgan fingerprint density at radius 2 is 1.78 bits per heavy atom. The normalized spacial score (nSPS) is 26.8. The van der Waals surface area contributed by atoms with E-state index in [4.69, 9.17) is 4.43 Å². The van der Waals surface area contributed by atoms with Crippen molar-refractivity contribution in [1.82, 2.24) is 5.32 Å². The van der Waals surface area contributed by atoms with Crippen molar-refractivity contribution in [3.05, 3.63) is 11.8 Å². The van der Waals surface area contributed by atoms with Crippen LogP contribution in [0.2, 0.25) is 16.6 Å². The van der Waals surface area contributed by atoms with Crippen LogP contribution in [0, 0.1) is 17.8 Å². The lowest BCUT2D eigenvalue weighted by molar-refractivity contribution is -0.313. The molecular formula is C21H36NO4Si-. The maximum absolute atomic E-state index is 12.7. The van der Waals surface area contributed by atoms with E-state index >= 15 is 0 Å². The Bertz CT molecular complexity index is 577. The van der Waals surface area contributed by atoms with E-state index in [0.717, 1.165) is 18.6 Å². The maximum Gasteiger partial charge on any atom is 0.258 e. The number of aliphatic carboxylic acids is 1. The van der Waals surface area contributed by atoms with Gasteiger partial charge in [-0.05, 0) is 42.0 Å². The third-order valence-corrected chi connectivity index (χ3v) is 12.8. The molecule has 1 saturated heterocycles. The van der Waals surface area contributed by atoms with E-state index in [1.807, 2.05) is 6.92 Å². The van der Waals surface area contributed by atoms with Crippen molar-refractivity contribution in [3.63, 3.8) is 0 Å². The second-order valence-electron chi connectivity index (χ2n) is 9.10. The Morgan fingerprint density at radius 3 is 2.22 bits per heavy atom. The fourth-order valence-corrected chi connectivity index (χ4v) is 11.0. The van der Waals surface area contributed by atoms with Gasteiger partial charge in [0.1, 0.15) is 0 Å². The van der Waals surface area contributed by atoms with E-state index in [1.54, 1.807) is 0 Å². The molecule has 0 aromatic heterocycles. The van der Waals surface area contributed by atoms with E-state index < -0.39 is 26.1 Å². The second-order valence-corrected chi connectivity index (χ2v) is 14.5. The highest BCUT2D eigenvalue weighted by Gasteiger charge is 2.53. The summed E-state index contributed by atoms with van der Waals surface area (Å²) in [5.41, 5.74) is 1.27. The van der Waals surface area contributed by atoms with Crippen LogP contribution in [0.25, 0.3) is 0 Å². The van der Waals surface area contributed by atoms with E-state index in [2.05, 4.69) is 52.9 Å². The molecule has 1 fully saturated rings. The lowest BCUT2D eigenvalue weighted by Crippen LogP contribution is -2.50. The zero-order chi connectivity index (χ0) is 20.5. The molecular weight excluding hydrogens is 358 g/mol. The van der Waals surface area contributed by atoms with E-state index in [9.17, 15) is 14.7 Å². The largest absolute Gasteiger partial charge is 0.550 e. The first-order chi connectivity index (χ1) is 12.6. The van der Waals surface area contributed by atoms with Crippen molar-refractivity contribution in [2.24, 2.45) is 17.8 Å². The molecule has 1 heterocycles. The van der Waals surface area contributed by atoms with Crippen molar-refractivity contribution in [1.29, 1.82) is 0 Å². The summed E-state index contributed by atoms with van der Waals surface area (Å²) < 4.78 is 6.92. The predicted molar refractivity (Wildman–Crippen MR) is 107 cm³/mol. The SMILES string of the molecule is CCC(C(=O)[O-])[C@H]1C(=O)N[C@@H]2CCC=C(O[Si](C(C)C)(C(C)C)C(C)C)[C@H]12. The Labute approximate surface area is 165 Å². The zero-order valence-corrected chi connectivity index (χ0v) is 18.9. The van der Waals surface area contributed by atoms with Crippen molar-refractivity contribution < 1.29 is 19.1 Å². The molecule has 0 aromatic rings. The van der Waals surface area contributed by atoms with Crippen molar-refractivity contribution in [3.8, 4) is 0 Å². The summed E-state index contributed by atoms with van der Waals surface area (Å²) in [6.07, 6.45) is 4.19. The third-order valence-electron chi connectivity index (χ3n) is 6.78. The summed E-state index contributed by atoms with van der Waals surface area (Å²) in [4.78, 5) is 24.4. The number of carbonyl (C=O) groups is 2. The molecule has 6 heteroatoms. The molecule has 1 aliphatic carbocycles. The van der Waals surface area contributed by atoms with Crippen LogP contribution in [0.15, 0.2) is 11.8 Å². The first kappa shape index (κ1) is 22.0. The van der Waals surface area contributed by atoms with Crippen LogP contribution >= 0.6 is 0 Å². The minimum atomic E-state index is -2.17. The average molecular weight is 395 g/mol. The van der Waals surface area contributed by atoms with Gasteiger partial charge in [0.15, 0.2) is 0 Å². The van der Waals surface area contributed by atoms with Gasteiger partial charge < -0.3 is 19.6 Å². The summed E-state index contributed by atoms with van der Waals surface area (Å²) in [6, 6.07) is -0.0333. The second kappa shape index (κ2) is 8.37. The van der Waals surface area contributed by atoms with Crippen molar-refractivity contribution in [2.75, 3.05) is 0 Å². The van der Waals surface area contributed by atoms with Crippen LogP contribution in [0.5, 0.6) is 0 Å². The molecule has 0 radical (unpaired) electrons. The van der Waals surface area contributed by atoms with Crippen LogP contribution in [0.3, 0.4) is 0 Å². The van der Waals surface area contributed by atoms with Gasteiger partial charge in [-0.3, -0.25) is 4.79 Å². The van der Waals surface area contributed by atoms with Crippen LogP contribution in [0.1, 0.15) is 67.7 Å². The number of rotatable bonds is 8. The van der Waals surface area contributed by atoms with E-state index in [-0.39, 0.29) is 17.9 Å². The first-order valence-electron chi connectivity index (χ1n) is 10.5. The standard InChI is InChI=1S/C21H37NO4Si/c1-8-15(21(24)25)18-19-16(22-20(18)23)10-9-11-17(19)26-27(12(2)3,13(4)5)14(6)7/h11-16,18-19H,8-10H2,1-7H3,(H,22,23)(H,24,25)/p-1/t15?,16-,18-,19-/m1/s1. The highest BCUT2D eigenvalue weighted by molar-refractivity contribution is 6.77. The lowest BCUT2D eigenvalue weighted by atomic mass is 9.75. The molecule has 0 saturated carbocycles. The number of allylic oxidation sites excluding steroid dienone is 1. The first-order valence-corrected chi connectivity index (χ1v) is 12.6. The van der Waals surface area contributed by atoms with E-state index in [1.165, 1.54) is 0 Å². The predicted octanol–water partition coefficient (Wildman–Crippen LogP) is 3.36. The van der Waals surface area contributed by atoms with Crippen molar-refractivity contribution in [2.45, 2.75) is 90.4 Å². The van der Waals surface area contributed by atoms with Gasteiger partial charge in [0, 0.05) is 23.8 Å². The highest BCUT2D eigenvalue weighted by Crippen LogP contribution is 2.48. The molecule has 0 spiro atoms. The summed E-state index contributed by atoms with van der Waals surface area (Å²) >= 11 is 0. The summed E-state index contributed by atoms with van der Waals surface area (Å²) in [6.45, 7) is 15.2. The van der Waals surface area contributed by atoms with Gasteiger partial charge in [-0.1, -0.05) is 48.5 Å². The minimum Gasteiger partial charge on any atom is -0.550 e. The topological polar surface area (TPSA) is 78.5 Å². The Morgan fingerprint density at radius 1 is 1.22 bits per heavy atom. The number of fused-ring (bicyclic) bond motifs is 1. The number of carbonyl (C=O) groups excluding carboxylic acids is 2. The number of hydrogen-bond acceptors (Lipinski definition) is 4. The molecule has 2 rings (SSSR count). The molecule has 1 N–H and O–H groups in total. The molecule has 154 valence electrons. The molecule has 0 bridgehead atoms. The fraction of sp³-hybridized carbons (Fsp3) is 0.810. The van der Waals surface area contributed by atoms with E-state index in [0.29, 0.717) is 23.0 Å². The lowest BCUT2D eigenvalue weighted by Gasteiger charge is -2.45. The maximum atomic E-state index is 12.7. The number of carboxylic acid groups (broad SMARTS) is 1.